The predicted octanol–water partition coefficient (Wildman–Crippen LogP) is 6.64. The highest BCUT2D eigenvalue weighted by atomic mass is 35.5. The Morgan fingerprint density at radius 1 is 0.970 bits per heavy atom. The minimum absolute atomic E-state index is 0.177. The first-order valence-corrected chi connectivity index (χ1v) is 11.3. The van der Waals surface area contributed by atoms with Crippen molar-refractivity contribution in [1.82, 2.24) is 0 Å². The summed E-state index contributed by atoms with van der Waals surface area (Å²) in [5, 5.41) is 3.60. The van der Waals surface area contributed by atoms with E-state index in [4.69, 9.17) is 30.2 Å². The second-order valence-corrected chi connectivity index (χ2v) is 8.63. The fraction of sp³-hybridized carbons (Fsp3) is 0.0800. The Morgan fingerprint density at radius 3 is 2.67 bits per heavy atom. The minimum atomic E-state index is -0.339. The van der Waals surface area contributed by atoms with Gasteiger partial charge in [-0.3, -0.25) is 4.79 Å². The minimum Gasteiger partial charge on any atom is -0.486 e. The summed E-state index contributed by atoms with van der Waals surface area (Å²) in [6.07, 6.45) is 0. The van der Waals surface area contributed by atoms with Crippen LogP contribution >= 0.6 is 23.4 Å². The first kappa shape index (κ1) is 21.3. The number of ether oxygens (including phenoxy) is 3. The highest BCUT2D eigenvalue weighted by molar-refractivity contribution is 7.99. The molecule has 8 heteroatoms. The molecule has 0 radical (unpaired) electrons. The third-order valence-corrected chi connectivity index (χ3v) is 6.12. The lowest BCUT2D eigenvalue weighted by atomic mass is 10.3. The largest absolute Gasteiger partial charge is 0.486 e. The molecule has 1 N–H and O–H groups in total. The van der Waals surface area contributed by atoms with Gasteiger partial charge in [0.25, 0.3) is 5.91 Å². The highest BCUT2D eigenvalue weighted by Gasteiger charge is 2.16. The van der Waals surface area contributed by atoms with Crippen molar-refractivity contribution in [3.05, 3.63) is 95.4 Å². The number of furan rings is 1. The molecule has 6 nitrogen and oxygen atoms in total. The Morgan fingerprint density at radius 2 is 1.79 bits per heavy atom. The standard InChI is InChI=1S/C25H18ClNO5S/c26-16-5-9-19(10-6-16)33-24-4-2-1-3-20(24)27-25(28)22-12-8-18(32-22)14-29-17-7-11-21-23(13-17)31-15-30-21/h1-13H,14-15H2,(H,27,28). The van der Waals surface area contributed by atoms with E-state index in [9.17, 15) is 4.79 Å². The van der Waals surface area contributed by atoms with Crippen LogP contribution in [0.15, 0.2) is 93.1 Å². The van der Waals surface area contributed by atoms with Gasteiger partial charge < -0.3 is 23.9 Å². The van der Waals surface area contributed by atoms with Gasteiger partial charge in [-0.05, 0) is 60.7 Å². The smallest absolute Gasteiger partial charge is 0.291 e. The Hall–Kier alpha value is -3.55. The van der Waals surface area contributed by atoms with Crippen LogP contribution in [-0.2, 0) is 6.61 Å². The predicted molar refractivity (Wildman–Crippen MR) is 126 cm³/mol. The number of hydrogen-bond acceptors (Lipinski definition) is 6. The van der Waals surface area contributed by atoms with E-state index in [2.05, 4.69) is 5.32 Å². The third-order valence-electron chi connectivity index (χ3n) is 4.79. The zero-order valence-electron chi connectivity index (χ0n) is 17.2. The number of fused-ring (bicyclic) bond motifs is 1. The lowest BCUT2D eigenvalue weighted by Crippen LogP contribution is -2.11. The summed E-state index contributed by atoms with van der Waals surface area (Å²) in [5.74, 6) is 2.34. The summed E-state index contributed by atoms with van der Waals surface area (Å²) in [6, 6.07) is 23.8. The topological polar surface area (TPSA) is 69.9 Å². The molecule has 1 aromatic heterocycles. The van der Waals surface area contributed by atoms with Gasteiger partial charge >= 0.3 is 0 Å². The maximum Gasteiger partial charge on any atom is 0.291 e. The number of para-hydroxylation sites is 1. The molecular formula is C25H18ClNO5S. The normalized spacial score (nSPS) is 11.9. The summed E-state index contributed by atoms with van der Waals surface area (Å²) in [5.41, 5.74) is 0.692. The van der Waals surface area contributed by atoms with Crippen LogP contribution in [-0.4, -0.2) is 12.7 Å². The summed E-state index contributed by atoms with van der Waals surface area (Å²) in [7, 11) is 0. The molecule has 0 spiro atoms. The van der Waals surface area contributed by atoms with E-state index in [-0.39, 0.29) is 25.1 Å². The Labute approximate surface area is 199 Å². The number of halogens is 1. The molecule has 0 unspecified atom stereocenters. The molecule has 0 saturated carbocycles. The van der Waals surface area contributed by atoms with E-state index < -0.39 is 0 Å². The number of anilines is 1. The molecule has 0 aliphatic carbocycles. The number of carbonyl (C=O) groups is 1. The zero-order valence-corrected chi connectivity index (χ0v) is 18.8. The van der Waals surface area contributed by atoms with Crippen LogP contribution in [0.2, 0.25) is 5.02 Å². The average molecular weight is 480 g/mol. The molecule has 2 heterocycles. The third kappa shape index (κ3) is 5.10. The van der Waals surface area contributed by atoms with Crippen molar-refractivity contribution in [3.63, 3.8) is 0 Å². The Kier molecular flexibility index (Phi) is 6.15. The molecule has 0 saturated heterocycles. The molecule has 1 aliphatic heterocycles. The summed E-state index contributed by atoms with van der Waals surface area (Å²) in [4.78, 5) is 14.7. The van der Waals surface area contributed by atoms with Crippen LogP contribution in [0, 0.1) is 0 Å². The van der Waals surface area contributed by atoms with Crippen LogP contribution < -0.4 is 19.5 Å². The van der Waals surface area contributed by atoms with E-state index in [1.54, 1.807) is 30.3 Å². The molecule has 1 amide bonds. The number of amides is 1. The number of rotatable bonds is 7. The average Bonchev–Trinajstić information content (AvgIpc) is 3.50. The van der Waals surface area contributed by atoms with Crippen molar-refractivity contribution in [1.29, 1.82) is 0 Å². The lowest BCUT2D eigenvalue weighted by Gasteiger charge is -2.10. The van der Waals surface area contributed by atoms with Gasteiger partial charge in [0.15, 0.2) is 17.3 Å². The van der Waals surface area contributed by atoms with Crippen molar-refractivity contribution in [2.45, 2.75) is 16.4 Å². The molecule has 5 rings (SSSR count). The van der Waals surface area contributed by atoms with Crippen molar-refractivity contribution >= 4 is 35.0 Å². The quantitative estimate of drug-likeness (QED) is 0.320. The number of carbonyl (C=O) groups excluding carboxylic acids is 1. The monoisotopic (exact) mass is 479 g/mol. The van der Waals surface area contributed by atoms with Gasteiger partial charge in [-0.15, -0.1) is 0 Å². The molecule has 4 aromatic rings. The molecule has 0 bridgehead atoms. The summed E-state index contributed by atoms with van der Waals surface area (Å²) in [6.45, 7) is 0.382. The van der Waals surface area contributed by atoms with E-state index in [0.717, 1.165) is 9.79 Å². The van der Waals surface area contributed by atoms with E-state index in [1.807, 2.05) is 48.5 Å². The van der Waals surface area contributed by atoms with Crippen LogP contribution in [0.5, 0.6) is 17.2 Å². The summed E-state index contributed by atoms with van der Waals surface area (Å²) >= 11 is 7.50. The molecule has 1 aliphatic rings. The van der Waals surface area contributed by atoms with Crippen LogP contribution in [0.1, 0.15) is 16.3 Å². The van der Waals surface area contributed by atoms with Crippen molar-refractivity contribution in [2.24, 2.45) is 0 Å². The lowest BCUT2D eigenvalue weighted by molar-refractivity contribution is 0.0992. The van der Waals surface area contributed by atoms with Crippen LogP contribution in [0.3, 0.4) is 0 Å². The molecule has 33 heavy (non-hydrogen) atoms. The highest BCUT2D eigenvalue weighted by Crippen LogP contribution is 2.36. The van der Waals surface area contributed by atoms with Gasteiger partial charge in [-0.25, -0.2) is 0 Å². The van der Waals surface area contributed by atoms with Crippen molar-refractivity contribution in [3.8, 4) is 17.2 Å². The second-order valence-electron chi connectivity index (χ2n) is 7.08. The first-order chi connectivity index (χ1) is 16.1. The second kappa shape index (κ2) is 9.52. The van der Waals surface area contributed by atoms with Gasteiger partial charge in [0, 0.05) is 20.9 Å². The van der Waals surface area contributed by atoms with Gasteiger partial charge in [0.05, 0.1) is 5.69 Å². The Balaban J connectivity index is 1.22. The number of hydrogen-bond donors (Lipinski definition) is 1. The molecular weight excluding hydrogens is 462 g/mol. The molecule has 0 fully saturated rings. The maximum absolute atomic E-state index is 12.8. The van der Waals surface area contributed by atoms with Crippen molar-refractivity contribution < 1.29 is 23.4 Å². The van der Waals surface area contributed by atoms with Gasteiger partial charge in [-0.2, -0.15) is 0 Å². The first-order valence-electron chi connectivity index (χ1n) is 10.1. The zero-order chi connectivity index (χ0) is 22.6. The van der Waals surface area contributed by atoms with Gasteiger partial charge in [0.2, 0.25) is 6.79 Å². The number of nitrogens with one attached hydrogen (secondary N) is 1. The molecule has 3 aromatic carbocycles. The van der Waals surface area contributed by atoms with Gasteiger partial charge in [-0.1, -0.05) is 35.5 Å². The molecule has 0 atom stereocenters. The number of benzene rings is 3. The van der Waals surface area contributed by atoms with E-state index >= 15 is 0 Å². The van der Waals surface area contributed by atoms with Gasteiger partial charge in [0.1, 0.15) is 18.1 Å². The Bertz CT molecular complexity index is 1290. The summed E-state index contributed by atoms with van der Waals surface area (Å²) < 4.78 is 22.1. The fourth-order valence-electron chi connectivity index (χ4n) is 3.17. The molecule has 166 valence electrons. The van der Waals surface area contributed by atoms with Crippen LogP contribution in [0.25, 0.3) is 0 Å². The van der Waals surface area contributed by atoms with E-state index in [1.165, 1.54) is 11.8 Å². The van der Waals surface area contributed by atoms with Crippen molar-refractivity contribution in [2.75, 3.05) is 12.1 Å². The SMILES string of the molecule is O=C(Nc1ccccc1Sc1ccc(Cl)cc1)c1ccc(COc2ccc3c(c2)OCO3)o1. The van der Waals surface area contributed by atoms with Crippen LogP contribution in [0.4, 0.5) is 5.69 Å². The maximum atomic E-state index is 12.8. The fourth-order valence-corrected chi connectivity index (χ4v) is 4.20. The van der Waals surface area contributed by atoms with E-state index in [0.29, 0.717) is 33.7 Å².